The quantitative estimate of drug-likeness (QED) is 0.761. The first-order chi connectivity index (χ1) is 11.8. The van der Waals surface area contributed by atoms with Crippen molar-refractivity contribution in [3.63, 3.8) is 0 Å². The second-order valence-corrected chi connectivity index (χ2v) is 8.37. The van der Waals surface area contributed by atoms with Crippen LogP contribution in [0.4, 0.5) is 4.79 Å². The number of urea groups is 1. The molecule has 2 saturated heterocycles. The van der Waals surface area contributed by atoms with Crippen LogP contribution >= 0.6 is 0 Å². The number of amides is 2. The molecular weight excluding hydrogens is 314 g/mol. The summed E-state index contributed by atoms with van der Waals surface area (Å²) in [4.78, 5) is 20.0. The lowest BCUT2D eigenvalue weighted by molar-refractivity contribution is 0.0611. The highest BCUT2D eigenvalue weighted by Crippen LogP contribution is 2.25. The number of carbonyl (C=O) groups is 1. The molecule has 0 radical (unpaired) electrons. The maximum Gasteiger partial charge on any atom is 0.315 e. The largest absolute Gasteiger partial charge is 0.336 e. The molecule has 25 heavy (non-hydrogen) atoms. The van der Waals surface area contributed by atoms with Crippen molar-refractivity contribution in [3.05, 3.63) is 0 Å². The fourth-order valence-corrected chi connectivity index (χ4v) is 4.02. The van der Waals surface area contributed by atoms with E-state index < -0.39 is 0 Å². The number of nitrogens with one attached hydrogen (secondary N) is 2. The molecule has 0 spiro atoms. The molecule has 146 valence electrons. The van der Waals surface area contributed by atoms with Crippen molar-refractivity contribution in [2.45, 2.75) is 65.1 Å². The molecule has 6 heteroatoms. The van der Waals surface area contributed by atoms with E-state index in [1.165, 1.54) is 0 Å². The summed E-state index contributed by atoms with van der Waals surface area (Å²) in [6.07, 6.45) is 2.06. The van der Waals surface area contributed by atoms with Crippen molar-refractivity contribution in [1.29, 1.82) is 0 Å². The molecule has 2 fully saturated rings. The van der Waals surface area contributed by atoms with Crippen molar-refractivity contribution in [1.82, 2.24) is 25.3 Å². The minimum Gasteiger partial charge on any atom is -0.336 e. The van der Waals surface area contributed by atoms with Gasteiger partial charge in [-0.15, -0.1) is 0 Å². The summed E-state index contributed by atoms with van der Waals surface area (Å²) >= 11 is 0. The Bertz CT molecular complexity index is 410. The van der Waals surface area contributed by atoms with Gasteiger partial charge in [-0.25, -0.2) is 4.79 Å². The summed E-state index contributed by atoms with van der Waals surface area (Å²) in [5, 5.41) is 6.38. The highest BCUT2D eigenvalue weighted by Gasteiger charge is 2.38. The van der Waals surface area contributed by atoms with E-state index in [2.05, 4.69) is 46.1 Å². The Balaban J connectivity index is 1.98. The smallest absolute Gasteiger partial charge is 0.315 e. The zero-order chi connectivity index (χ0) is 18.4. The molecule has 0 aromatic heterocycles. The van der Waals surface area contributed by atoms with Gasteiger partial charge in [0.2, 0.25) is 0 Å². The van der Waals surface area contributed by atoms with Crippen LogP contribution in [0.2, 0.25) is 0 Å². The SMILES string of the molecule is CCN1CCN(CC2(NC(=O)NC(C)C)CCN(C(C)C)CC2)CC1. The second-order valence-electron chi connectivity index (χ2n) is 8.37. The number of likely N-dealkylation sites (tertiary alicyclic amines) is 1. The Morgan fingerprint density at radius 2 is 1.52 bits per heavy atom. The Morgan fingerprint density at radius 1 is 0.960 bits per heavy atom. The third kappa shape index (κ3) is 6.12. The fraction of sp³-hybridized carbons (Fsp3) is 0.947. The molecule has 2 aliphatic heterocycles. The van der Waals surface area contributed by atoms with Crippen LogP contribution in [0, 0.1) is 0 Å². The van der Waals surface area contributed by atoms with E-state index in [0.29, 0.717) is 6.04 Å². The van der Waals surface area contributed by atoms with E-state index >= 15 is 0 Å². The lowest BCUT2D eigenvalue weighted by atomic mass is 9.86. The minimum absolute atomic E-state index is 0.0137. The summed E-state index contributed by atoms with van der Waals surface area (Å²) in [5.41, 5.74) is -0.0985. The maximum atomic E-state index is 12.4. The van der Waals surface area contributed by atoms with E-state index in [0.717, 1.165) is 65.2 Å². The van der Waals surface area contributed by atoms with Gasteiger partial charge in [0.15, 0.2) is 0 Å². The van der Waals surface area contributed by atoms with Gasteiger partial charge in [0.1, 0.15) is 0 Å². The van der Waals surface area contributed by atoms with Crippen LogP contribution in [0.15, 0.2) is 0 Å². The van der Waals surface area contributed by atoms with E-state index in [-0.39, 0.29) is 17.6 Å². The normalized spacial score (nSPS) is 23.2. The first-order valence-electron chi connectivity index (χ1n) is 10.1. The van der Waals surface area contributed by atoms with Crippen LogP contribution in [-0.2, 0) is 0 Å². The second kappa shape index (κ2) is 9.19. The molecule has 0 atom stereocenters. The molecule has 6 nitrogen and oxygen atoms in total. The molecule has 0 aromatic rings. The Labute approximate surface area is 154 Å². The van der Waals surface area contributed by atoms with Crippen molar-refractivity contribution in [2.24, 2.45) is 0 Å². The van der Waals surface area contributed by atoms with E-state index in [1.807, 2.05) is 13.8 Å². The summed E-state index contributed by atoms with van der Waals surface area (Å²) in [6, 6.07) is 0.733. The molecule has 2 rings (SSSR count). The Kier molecular flexibility index (Phi) is 7.52. The van der Waals surface area contributed by atoms with Crippen molar-refractivity contribution >= 4 is 6.03 Å². The molecule has 2 aliphatic rings. The molecule has 2 N–H and O–H groups in total. The molecular formula is C19H39N5O. The number of carbonyl (C=O) groups excluding carboxylic acids is 1. The average molecular weight is 354 g/mol. The third-order valence-electron chi connectivity index (χ3n) is 5.72. The van der Waals surface area contributed by atoms with Crippen LogP contribution < -0.4 is 10.6 Å². The zero-order valence-corrected chi connectivity index (χ0v) is 17.0. The molecule has 0 aliphatic carbocycles. The van der Waals surface area contributed by atoms with E-state index in [4.69, 9.17) is 0 Å². The average Bonchev–Trinajstić information content (AvgIpc) is 2.55. The zero-order valence-electron chi connectivity index (χ0n) is 17.0. The van der Waals surface area contributed by atoms with Gasteiger partial charge in [0.25, 0.3) is 0 Å². The number of likely N-dealkylation sites (N-methyl/N-ethyl adjacent to an activating group) is 1. The highest BCUT2D eigenvalue weighted by molar-refractivity contribution is 5.75. The third-order valence-corrected chi connectivity index (χ3v) is 5.72. The van der Waals surface area contributed by atoms with Crippen molar-refractivity contribution < 1.29 is 4.79 Å². The molecule has 0 unspecified atom stereocenters. The number of hydrogen-bond donors (Lipinski definition) is 2. The number of piperidine rings is 1. The Hall–Kier alpha value is -0.850. The molecule has 0 bridgehead atoms. The lowest BCUT2D eigenvalue weighted by Crippen LogP contribution is -2.64. The number of hydrogen-bond acceptors (Lipinski definition) is 4. The monoisotopic (exact) mass is 353 g/mol. The summed E-state index contributed by atoms with van der Waals surface area (Å²) in [7, 11) is 0. The predicted octanol–water partition coefficient (Wildman–Crippen LogP) is 1.57. The minimum atomic E-state index is -0.0985. The van der Waals surface area contributed by atoms with Gasteiger partial charge in [0.05, 0.1) is 5.54 Å². The topological polar surface area (TPSA) is 50.9 Å². The van der Waals surface area contributed by atoms with E-state index in [9.17, 15) is 4.79 Å². The van der Waals surface area contributed by atoms with E-state index in [1.54, 1.807) is 0 Å². The van der Waals surface area contributed by atoms with Gasteiger partial charge < -0.3 is 20.4 Å². The van der Waals surface area contributed by atoms with Gasteiger partial charge in [-0.2, -0.15) is 0 Å². The van der Waals surface area contributed by atoms with Gasteiger partial charge in [-0.1, -0.05) is 6.92 Å². The number of piperazine rings is 1. The standard InChI is InChI=1S/C19H39N5O/c1-6-22-11-13-23(14-12-22)15-19(21-18(25)20-16(2)3)7-9-24(10-8-19)17(4)5/h16-17H,6-15H2,1-5H3,(H2,20,21,25). The summed E-state index contributed by atoms with van der Waals surface area (Å²) in [6.45, 7) is 19.5. The van der Waals surface area contributed by atoms with Gasteiger partial charge in [-0.05, 0) is 47.1 Å². The van der Waals surface area contributed by atoms with Crippen LogP contribution in [0.25, 0.3) is 0 Å². The predicted molar refractivity (Wildman–Crippen MR) is 104 cm³/mol. The van der Waals surface area contributed by atoms with Crippen molar-refractivity contribution in [3.8, 4) is 0 Å². The highest BCUT2D eigenvalue weighted by atomic mass is 16.2. The van der Waals surface area contributed by atoms with Crippen LogP contribution in [-0.4, -0.2) is 90.7 Å². The first kappa shape index (κ1) is 20.5. The molecule has 0 saturated carbocycles. The van der Waals surface area contributed by atoms with Gasteiger partial charge in [-0.3, -0.25) is 4.90 Å². The van der Waals surface area contributed by atoms with Crippen molar-refractivity contribution in [2.75, 3.05) is 52.4 Å². The number of rotatable bonds is 6. The summed E-state index contributed by atoms with van der Waals surface area (Å²) < 4.78 is 0. The molecule has 2 amide bonds. The van der Waals surface area contributed by atoms with Crippen LogP contribution in [0.5, 0.6) is 0 Å². The number of nitrogens with zero attached hydrogens (tertiary/aromatic N) is 3. The van der Waals surface area contributed by atoms with Gasteiger partial charge in [0, 0.05) is 57.9 Å². The van der Waals surface area contributed by atoms with Gasteiger partial charge >= 0.3 is 6.03 Å². The Morgan fingerprint density at radius 3 is 2.00 bits per heavy atom. The van der Waals surface area contributed by atoms with Crippen LogP contribution in [0.1, 0.15) is 47.5 Å². The fourth-order valence-electron chi connectivity index (χ4n) is 4.02. The lowest BCUT2D eigenvalue weighted by Gasteiger charge is -2.47. The maximum absolute atomic E-state index is 12.4. The molecule has 2 heterocycles. The molecule has 0 aromatic carbocycles. The van der Waals surface area contributed by atoms with Crippen LogP contribution in [0.3, 0.4) is 0 Å². The first-order valence-corrected chi connectivity index (χ1v) is 10.1. The summed E-state index contributed by atoms with van der Waals surface area (Å²) in [5.74, 6) is 0.